The average molecular weight is 321 g/mol. The fourth-order valence-corrected chi connectivity index (χ4v) is 3.37. The second-order valence-electron chi connectivity index (χ2n) is 5.67. The van der Waals surface area contributed by atoms with Gasteiger partial charge in [0.05, 0.1) is 0 Å². The lowest BCUT2D eigenvalue weighted by atomic mass is 10.0. The van der Waals surface area contributed by atoms with Crippen molar-refractivity contribution in [1.29, 1.82) is 0 Å². The lowest BCUT2D eigenvalue weighted by molar-refractivity contribution is 0.0950. The van der Waals surface area contributed by atoms with E-state index < -0.39 is 0 Å². The van der Waals surface area contributed by atoms with Crippen LogP contribution in [0.3, 0.4) is 0 Å². The molecule has 1 amide bonds. The first-order valence-electron chi connectivity index (χ1n) is 7.61. The zero-order valence-corrected chi connectivity index (χ0v) is 14.1. The van der Waals surface area contributed by atoms with Crippen LogP contribution in [0.15, 0.2) is 59.3 Å². The Kier molecular flexibility index (Phi) is 4.58. The molecular weight excluding hydrogens is 302 g/mol. The molecule has 3 aromatic rings. The molecule has 0 aliphatic rings. The molecule has 0 bridgehead atoms. The van der Waals surface area contributed by atoms with E-state index in [4.69, 9.17) is 0 Å². The number of thiophene rings is 1. The van der Waals surface area contributed by atoms with E-state index in [1.165, 1.54) is 16.7 Å². The number of rotatable bonds is 4. The van der Waals surface area contributed by atoms with E-state index in [9.17, 15) is 4.79 Å². The van der Waals surface area contributed by atoms with Crippen molar-refractivity contribution in [3.8, 4) is 11.1 Å². The Balaban J connectivity index is 1.77. The highest BCUT2D eigenvalue weighted by Crippen LogP contribution is 2.25. The van der Waals surface area contributed by atoms with Crippen molar-refractivity contribution in [3.05, 3.63) is 81.5 Å². The van der Waals surface area contributed by atoms with Crippen molar-refractivity contribution in [2.24, 2.45) is 0 Å². The number of carbonyl (C=O) groups is 1. The van der Waals surface area contributed by atoms with Crippen LogP contribution in [-0.4, -0.2) is 5.91 Å². The van der Waals surface area contributed by atoms with Gasteiger partial charge in [0.2, 0.25) is 0 Å². The van der Waals surface area contributed by atoms with Crippen molar-refractivity contribution in [3.63, 3.8) is 0 Å². The molecule has 1 aromatic heterocycles. The molecule has 0 saturated heterocycles. The molecule has 23 heavy (non-hydrogen) atoms. The van der Waals surface area contributed by atoms with Gasteiger partial charge in [0.15, 0.2) is 0 Å². The molecule has 3 rings (SSSR count). The predicted molar refractivity (Wildman–Crippen MR) is 96.8 cm³/mol. The fourth-order valence-electron chi connectivity index (χ4n) is 2.71. The molecule has 1 N–H and O–H groups in total. The van der Waals surface area contributed by atoms with Gasteiger partial charge in [-0.2, -0.15) is 11.3 Å². The van der Waals surface area contributed by atoms with Crippen molar-refractivity contribution in [2.75, 3.05) is 0 Å². The summed E-state index contributed by atoms with van der Waals surface area (Å²) in [5, 5.41) is 7.24. The molecule has 0 fully saturated rings. The lowest BCUT2D eigenvalue weighted by Gasteiger charge is -2.11. The molecule has 0 spiro atoms. The van der Waals surface area contributed by atoms with Gasteiger partial charge < -0.3 is 5.32 Å². The highest BCUT2D eigenvalue weighted by atomic mass is 32.1. The zero-order chi connectivity index (χ0) is 16.2. The normalized spacial score (nSPS) is 10.5. The molecule has 2 aromatic carbocycles. The van der Waals surface area contributed by atoms with E-state index in [1.807, 2.05) is 44.2 Å². The van der Waals surface area contributed by atoms with Crippen molar-refractivity contribution < 1.29 is 4.79 Å². The summed E-state index contributed by atoms with van der Waals surface area (Å²) in [5.41, 5.74) is 6.42. The summed E-state index contributed by atoms with van der Waals surface area (Å²) in [6, 6.07) is 16.2. The van der Waals surface area contributed by atoms with Crippen LogP contribution < -0.4 is 5.32 Å². The Morgan fingerprint density at radius 2 is 1.91 bits per heavy atom. The molecule has 0 aliphatic carbocycles. The molecule has 0 aliphatic heterocycles. The molecule has 116 valence electrons. The third-order valence-electron chi connectivity index (χ3n) is 3.92. The summed E-state index contributed by atoms with van der Waals surface area (Å²) in [5.74, 6) is -0.0254. The average Bonchev–Trinajstić information content (AvgIpc) is 3.07. The number of aryl methyl sites for hydroxylation is 2. The first-order valence-corrected chi connectivity index (χ1v) is 8.55. The third kappa shape index (κ3) is 3.51. The van der Waals surface area contributed by atoms with Crippen molar-refractivity contribution >= 4 is 17.2 Å². The van der Waals surface area contributed by atoms with Gasteiger partial charge in [0, 0.05) is 12.1 Å². The Labute approximate surface area is 140 Å². The SMILES string of the molecule is Cc1ccc(C(=O)NCc2ccccc2-c2ccsc2)c(C)c1. The van der Waals surface area contributed by atoms with Gasteiger partial charge in [-0.3, -0.25) is 4.79 Å². The maximum Gasteiger partial charge on any atom is 0.251 e. The number of amides is 1. The van der Waals surface area contributed by atoms with E-state index in [0.29, 0.717) is 6.54 Å². The molecule has 0 unspecified atom stereocenters. The first kappa shape index (κ1) is 15.5. The molecule has 1 heterocycles. The van der Waals surface area contributed by atoms with Crippen LogP contribution in [0.1, 0.15) is 27.0 Å². The number of nitrogens with one attached hydrogen (secondary N) is 1. The second-order valence-corrected chi connectivity index (χ2v) is 6.45. The standard InChI is InChI=1S/C20H19NOS/c1-14-7-8-18(15(2)11-14)20(22)21-12-16-5-3-4-6-19(16)17-9-10-23-13-17/h3-11,13H,12H2,1-2H3,(H,21,22). The summed E-state index contributed by atoms with van der Waals surface area (Å²) in [6.07, 6.45) is 0. The molecule has 0 radical (unpaired) electrons. The molecular formula is C20H19NOS. The van der Waals surface area contributed by atoms with E-state index in [2.05, 4.69) is 34.3 Å². The predicted octanol–water partition coefficient (Wildman–Crippen LogP) is 4.96. The summed E-state index contributed by atoms with van der Waals surface area (Å²) in [6.45, 7) is 4.53. The quantitative estimate of drug-likeness (QED) is 0.723. The minimum atomic E-state index is -0.0254. The number of benzene rings is 2. The highest BCUT2D eigenvalue weighted by Gasteiger charge is 2.10. The third-order valence-corrected chi connectivity index (χ3v) is 4.60. The van der Waals surface area contributed by atoms with Crippen LogP contribution in [0.4, 0.5) is 0 Å². The summed E-state index contributed by atoms with van der Waals surface area (Å²) in [4.78, 5) is 12.4. The van der Waals surface area contributed by atoms with Gasteiger partial charge in [-0.25, -0.2) is 0 Å². The minimum Gasteiger partial charge on any atom is -0.348 e. The molecule has 3 heteroatoms. The van der Waals surface area contributed by atoms with Crippen LogP contribution >= 0.6 is 11.3 Å². The lowest BCUT2D eigenvalue weighted by Crippen LogP contribution is -2.23. The Bertz CT molecular complexity index is 821. The Hall–Kier alpha value is -2.39. The molecule has 0 atom stereocenters. The maximum absolute atomic E-state index is 12.4. The van der Waals surface area contributed by atoms with Crippen molar-refractivity contribution in [1.82, 2.24) is 5.32 Å². The van der Waals surface area contributed by atoms with Gasteiger partial charge in [0.1, 0.15) is 0 Å². The second kappa shape index (κ2) is 6.80. The summed E-state index contributed by atoms with van der Waals surface area (Å²) >= 11 is 1.68. The van der Waals surface area contributed by atoms with Gasteiger partial charge in [-0.15, -0.1) is 0 Å². The van der Waals surface area contributed by atoms with E-state index in [-0.39, 0.29) is 5.91 Å². The smallest absolute Gasteiger partial charge is 0.251 e. The van der Waals surface area contributed by atoms with Crippen molar-refractivity contribution in [2.45, 2.75) is 20.4 Å². The van der Waals surface area contributed by atoms with E-state index in [1.54, 1.807) is 11.3 Å². The zero-order valence-electron chi connectivity index (χ0n) is 13.3. The minimum absolute atomic E-state index is 0.0254. The van der Waals surface area contributed by atoms with Crippen LogP contribution in [0, 0.1) is 13.8 Å². The summed E-state index contributed by atoms with van der Waals surface area (Å²) in [7, 11) is 0. The number of hydrogen-bond acceptors (Lipinski definition) is 2. The largest absolute Gasteiger partial charge is 0.348 e. The molecule has 0 saturated carbocycles. The van der Waals surface area contributed by atoms with E-state index >= 15 is 0 Å². The van der Waals surface area contributed by atoms with Crippen LogP contribution in [0.5, 0.6) is 0 Å². The monoisotopic (exact) mass is 321 g/mol. The Morgan fingerprint density at radius 1 is 1.09 bits per heavy atom. The first-order chi connectivity index (χ1) is 11.1. The number of carbonyl (C=O) groups excluding carboxylic acids is 1. The maximum atomic E-state index is 12.4. The van der Waals surface area contributed by atoms with Crippen LogP contribution in [0.25, 0.3) is 11.1 Å². The van der Waals surface area contributed by atoms with E-state index in [0.717, 1.165) is 16.7 Å². The van der Waals surface area contributed by atoms with Crippen LogP contribution in [0.2, 0.25) is 0 Å². The topological polar surface area (TPSA) is 29.1 Å². The van der Waals surface area contributed by atoms with Crippen LogP contribution in [-0.2, 0) is 6.54 Å². The number of hydrogen-bond donors (Lipinski definition) is 1. The Morgan fingerprint density at radius 3 is 2.65 bits per heavy atom. The molecule has 2 nitrogen and oxygen atoms in total. The highest BCUT2D eigenvalue weighted by molar-refractivity contribution is 7.08. The van der Waals surface area contributed by atoms with Gasteiger partial charge in [0.25, 0.3) is 5.91 Å². The van der Waals surface area contributed by atoms with Gasteiger partial charge in [-0.1, -0.05) is 42.0 Å². The summed E-state index contributed by atoms with van der Waals surface area (Å²) < 4.78 is 0. The van der Waals surface area contributed by atoms with Gasteiger partial charge in [-0.05, 0) is 59.0 Å². The fraction of sp³-hybridized carbons (Fsp3) is 0.150. The van der Waals surface area contributed by atoms with Gasteiger partial charge >= 0.3 is 0 Å².